The van der Waals surface area contributed by atoms with Crippen LogP contribution in [0.4, 0.5) is 5.69 Å². The minimum Gasteiger partial charge on any atom is -0.464 e. The summed E-state index contributed by atoms with van der Waals surface area (Å²) in [6, 6.07) is 7.53. The van der Waals surface area contributed by atoms with E-state index in [4.69, 9.17) is 38.1 Å². The number of pyridine rings is 1. The Bertz CT molecular complexity index is 2800. The molecule has 11 rings (SSSR count). The van der Waals surface area contributed by atoms with Crippen LogP contribution in [0.3, 0.4) is 0 Å². The van der Waals surface area contributed by atoms with Crippen LogP contribution in [0.25, 0.3) is 33.4 Å². The molecule has 2 saturated carbocycles. The maximum Gasteiger partial charge on any atom is 0.324 e. The van der Waals surface area contributed by atoms with Crippen molar-refractivity contribution < 1.29 is 42.5 Å². The SMILES string of the molecule is CCO[C@@H]1c2nc(cs2)-c2ccc3c(c2)c(c(-c2cc(N4CCN(C5CC5)CC4)cnc2[C@H](C)OC)n3CCOC2COC2)CC(C)(C)COC(=O)C2CCCN(N2)C(=O)[C@H]1NC(=O)[C@@H]1[C@@H](C)[C@H]1c1cocn1. The average molecular weight is 1020 g/mol. The standard InChI is InChI=1S/C54H69N9O9S/c1-7-70-49-47(58-50(64)45-31(2)44(45)41-27-69-30-56-41)52(65)63-14-8-9-40(59-63)53(66)72-29-54(4,5)23-39-37-21-33(42-28-73-51(49)57-42)10-13-43(37)62(19-20-71-36-25-68-26-36)48(39)38-22-35(24-55-46(38)32(3)67-6)61-17-15-60(16-18-61)34-11-12-34/h10,13,21-22,24,27-28,30-32,34,36,40,44-45,47,49,59H,7-9,11-12,14-20,23,25-26,29H2,1-6H3,(H,58,64)/t31-,32-,40?,44-,45+,47-,49-/m0/s1. The summed E-state index contributed by atoms with van der Waals surface area (Å²) in [6.07, 6.45) is 7.86. The second kappa shape index (κ2) is 20.8. The van der Waals surface area contributed by atoms with Crippen molar-refractivity contribution in [3.8, 4) is 22.5 Å². The van der Waals surface area contributed by atoms with Crippen LogP contribution in [0.5, 0.6) is 0 Å². The van der Waals surface area contributed by atoms with Crippen molar-refractivity contribution in [2.24, 2.45) is 17.3 Å². The highest BCUT2D eigenvalue weighted by Gasteiger charge is 2.55. The van der Waals surface area contributed by atoms with Crippen LogP contribution in [0.1, 0.15) is 100 Å². The quantitative estimate of drug-likeness (QED) is 0.115. The number of rotatable bonds is 14. The van der Waals surface area contributed by atoms with Gasteiger partial charge in [0.1, 0.15) is 35.6 Å². The molecule has 8 heterocycles. The predicted octanol–water partition coefficient (Wildman–Crippen LogP) is 6.46. The summed E-state index contributed by atoms with van der Waals surface area (Å²) in [5, 5.41) is 8.13. The van der Waals surface area contributed by atoms with E-state index in [0.29, 0.717) is 68.6 Å². The maximum absolute atomic E-state index is 14.9. The fourth-order valence-electron chi connectivity index (χ4n) is 11.4. The van der Waals surface area contributed by atoms with Crippen molar-refractivity contribution in [1.29, 1.82) is 0 Å². The minimum atomic E-state index is -1.17. The fraction of sp³-hybridized carbons (Fsp3) is 0.593. The van der Waals surface area contributed by atoms with Crippen molar-refractivity contribution in [1.82, 2.24) is 40.2 Å². The molecule has 2 amide bonds. The van der Waals surface area contributed by atoms with Gasteiger partial charge in [0.15, 0.2) is 6.39 Å². The highest BCUT2D eigenvalue weighted by molar-refractivity contribution is 7.10. The Hall–Kier alpha value is -5.28. The largest absolute Gasteiger partial charge is 0.464 e. The van der Waals surface area contributed by atoms with Crippen LogP contribution in [0.15, 0.2) is 52.9 Å². The number of amides is 2. The van der Waals surface area contributed by atoms with Gasteiger partial charge in [0, 0.05) is 104 Å². The predicted molar refractivity (Wildman–Crippen MR) is 274 cm³/mol. The van der Waals surface area contributed by atoms with E-state index in [2.05, 4.69) is 68.2 Å². The summed E-state index contributed by atoms with van der Waals surface area (Å²) in [4.78, 5) is 63.3. The lowest BCUT2D eigenvalue weighted by molar-refractivity contribution is -0.156. The number of nitrogens with one attached hydrogen (secondary N) is 2. The number of carbonyl (C=O) groups excluding carboxylic acids is 3. The first-order valence-electron chi connectivity index (χ1n) is 26.3. The number of esters is 1. The van der Waals surface area contributed by atoms with E-state index >= 15 is 0 Å². The van der Waals surface area contributed by atoms with Crippen molar-refractivity contribution in [3.05, 3.63) is 70.5 Å². The molecule has 3 saturated heterocycles. The third-order valence-electron chi connectivity index (χ3n) is 15.8. The number of carbonyl (C=O) groups is 3. The average Bonchev–Trinajstić information content (AvgIpc) is 4.15. The van der Waals surface area contributed by atoms with Gasteiger partial charge in [-0.15, -0.1) is 11.3 Å². The van der Waals surface area contributed by atoms with Crippen LogP contribution in [0, 0.1) is 17.3 Å². The topological polar surface area (TPSA) is 188 Å². The van der Waals surface area contributed by atoms with E-state index in [9.17, 15) is 14.4 Å². The van der Waals surface area contributed by atoms with Gasteiger partial charge in [0.05, 0.1) is 67.2 Å². The van der Waals surface area contributed by atoms with Gasteiger partial charge in [-0.05, 0) is 75.6 Å². The summed E-state index contributed by atoms with van der Waals surface area (Å²) < 4.78 is 38.3. The highest BCUT2D eigenvalue weighted by atomic mass is 32.1. The van der Waals surface area contributed by atoms with E-state index < -0.39 is 41.4 Å². The van der Waals surface area contributed by atoms with E-state index in [1.165, 1.54) is 35.6 Å². The molecule has 6 bridgehead atoms. The third kappa shape index (κ3) is 10.2. The number of nitrogens with zero attached hydrogens (tertiary/aromatic N) is 7. The summed E-state index contributed by atoms with van der Waals surface area (Å²) in [6.45, 7) is 16.9. The number of fused-ring (bicyclic) bond motifs is 6. The number of hydrogen-bond acceptors (Lipinski definition) is 16. The number of hydrazine groups is 1. The molecule has 0 spiro atoms. The second-order valence-corrected chi connectivity index (χ2v) is 22.4. The smallest absolute Gasteiger partial charge is 0.324 e. The lowest BCUT2D eigenvalue weighted by atomic mass is 9.84. The Morgan fingerprint density at radius 2 is 1.88 bits per heavy atom. The van der Waals surface area contributed by atoms with Crippen molar-refractivity contribution in [2.75, 3.05) is 77.8 Å². The highest BCUT2D eigenvalue weighted by Crippen LogP contribution is 2.53. The number of anilines is 1. The summed E-state index contributed by atoms with van der Waals surface area (Å²) in [5.41, 5.74) is 10.9. The minimum absolute atomic E-state index is 0.0177. The van der Waals surface area contributed by atoms with Gasteiger partial charge in [0.25, 0.3) is 5.91 Å². The van der Waals surface area contributed by atoms with Gasteiger partial charge in [-0.25, -0.2) is 15.4 Å². The molecule has 73 heavy (non-hydrogen) atoms. The van der Waals surface area contributed by atoms with Gasteiger partial charge in [-0.2, -0.15) is 0 Å². The number of methoxy groups -OCH3 is 1. The van der Waals surface area contributed by atoms with Gasteiger partial charge >= 0.3 is 5.97 Å². The Kier molecular flexibility index (Phi) is 14.2. The van der Waals surface area contributed by atoms with E-state index in [1.807, 2.05) is 32.3 Å². The van der Waals surface area contributed by atoms with Crippen molar-refractivity contribution in [3.63, 3.8) is 0 Å². The molecule has 6 aliphatic rings. The zero-order valence-corrected chi connectivity index (χ0v) is 43.7. The molecule has 4 aliphatic heterocycles. The zero-order chi connectivity index (χ0) is 50.5. The molecule has 4 aromatic heterocycles. The summed E-state index contributed by atoms with van der Waals surface area (Å²) in [7, 11) is 1.73. The number of aromatic nitrogens is 4. The number of ether oxygens (including phenoxy) is 5. The number of thiazole rings is 1. The molecule has 5 fully saturated rings. The molecule has 1 unspecified atom stereocenters. The molecular formula is C54H69N9O9S. The second-order valence-electron chi connectivity index (χ2n) is 21.5. The fourth-order valence-corrected chi connectivity index (χ4v) is 12.3. The molecule has 19 heteroatoms. The van der Waals surface area contributed by atoms with E-state index in [-0.39, 0.29) is 43.2 Å². The Morgan fingerprint density at radius 1 is 1.05 bits per heavy atom. The van der Waals surface area contributed by atoms with Crippen molar-refractivity contribution in [2.45, 2.75) is 116 Å². The molecule has 1 aromatic carbocycles. The molecule has 2 aliphatic carbocycles. The van der Waals surface area contributed by atoms with Crippen LogP contribution < -0.4 is 15.6 Å². The van der Waals surface area contributed by atoms with Gasteiger partial charge < -0.3 is 42.9 Å². The van der Waals surface area contributed by atoms with Crippen LogP contribution in [0.2, 0.25) is 0 Å². The maximum atomic E-state index is 14.9. The Labute approximate surface area is 430 Å². The third-order valence-corrected chi connectivity index (χ3v) is 16.7. The first-order chi connectivity index (χ1) is 35.4. The van der Waals surface area contributed by atoms with E-state index in [0.717, 1.165) is 76.9 Å². The molecule has 2 N–H and O–H groups in total. The number of piperazine rings is 1. The van der Waals surface area contributed by atoms with Gasteiger partial charge in [-0.1, -0.05) is 26.8 Å². The molecule has 390 valence electrons. The van der Waals surface area contributed by atoms with Crippen molar-refractivity contribution >= 4 is 45.7 Å². The van der Waals surface area contributed by atoms with E-state index in [1.54, 1.807) is 13.4 Å². The molecule has 5 aromatic rings. The van der Waals surface area contributed by atoms with Gasteiger partial charge in [0.2, 0.25) is 5.91 Å². The number of benzene rings is 1. The molecule has 0 radical (unpaired) electrons. The summed E-state index contributed by atoms with van der Waals surface area (Å²) in [5.74, 6) is -1.75. The lowest BCUT2D eigenvalue weighted by Gasteiger charge is -2.37. The Balaban J connectivity index is 1.03. The van der Waals surface area contributed by atoms with Crippen LogP contribution in [-0.2, 0) is 51.0 Å². The number of oxazole rings is 1. The number of cyclic esters (lactones) is 1. The molecular weight excluding hydrogens is 951 g/mol. The first kappa shape index (κ1) is 49.9. The molecule has 18 nitrogen and oxygen atoms in total. The first-order valence-corrected chi connectivity index (χ1v) is 27.1. The van der Waals surface area contributed by atoms with Gasteiger partial charge in [-0.3, -0.25) is 29.3 Å². The zero-order valence-electron chi connectivity index (χ0n) is 42.8. The normalized spacial score (nSPS) is 26.3. The summed E-state index contributed by atoms with van der Waals surface area (Å²) >= 11 is 1.39. The number of hydrogen-bond donors (Lipinski definition) is 2. The van der Waals surface area contributed by atoms with Crippen LogP contribution >= 0.6 is 11.3 Å². The molecule has 7 atom stereocenters. The monoisotopic (exact) mass is 1020 g/mol. The Morgan fingerprint density at radius 3 is 2.60 bits per heavy atom. The van der Waals surface area contributed by atoms with Crippen LogP contribution in [-0.4, -0.2) is 144 Å². The lowest BCUT2D eigenvalue weighted by Crippen LogP contribution is -2.61.